The van der Waals surface area contributed by atoms with Crippen LogP contribution in [0.5, 0.6) is 11.5 Å². The van der Waals surface area contributed by atoms with Crippen LogP contribution in [0.15, 0.2) is 78.9 Å². The minimum Gasteiger partial charge on any atom is -0.494 e. The summed E-state index contributed by atoms with van der Waals surface area (Å²) in [5.41, 5.74) is 2.28. The van der Waals surface area contributed by atoms with Crippen molar-refractivity contribution in [2.45, 2.75) is 26.9 Å². The molecule has 0 bridgehead atoms. The van der Waals surface area contributed by atoms with Crippen molar-refractivity contribution in [3.05, 3.63) is 90.0 Å². The van der Waals surface area contributed by atoms with Gasteiger partial charge in [0.15, 0.2) is 0 Å². The highest BCUT2D eigenvalue weighted by molar-refractivity contribution is 6.05. The van der Waals surface area contributed by atoms with Crippen molar-refractivity contribution in [3.63, 3.8) is 0 Å². The first-order chi connectivity index (χ1) is 14.1. The van der Waals surface area contributed by atoms with E-state index in [9.17, 15) is 4.79 Å². The SMILES string of the molecule is CC(C)CCOc1ccc(C(=O)Nc2ccccc2OCc2ccccc2)cc1. The molecule has 4 heteroatoms. The summed E-state index contributed by atoms with van der Waals surface area (Å²) in [6, 6.07) is 24.6. The topological polar surface area (TPSA) is 47.6 Å². The summed E-state index contributed by atoms with van der Waals surface area (Å²) >= 11 is 0. The molecule has 0 saturated heterocycles. The van der Waals surface area contributed by atoms with Gasteiger partial charge in [0.1, 0.15) is 18.1 Å². The van der Waals surface area contributed by atoms with Crippen LogP contribution in [-0.2, 0) is 6.61 Å². The normalized spacial score (nSPS) is 10.6. The quantitative estimate of drug-likeness (QED) is 0.492. The lowest BCUT2D eigenvalue weighted by atomic mass is 10.1. The van der Waals surface area contributed by atoms with E-state index in [1.807, 2.05) is 66.7 Å². The molecular weight excluding hydrogens is 362 g/mol. The van der Waals surface area contributed by atoms with Crippen molar-refractivity contribution in [1.29, 1.82) is 0 Å². The number of anilines is 1. The van der Waals surface area contributed by atoms with E-state index in [1.54, 1.807) is 12.1 Å². The first-order valence-corrected chi connectivity index (χ1v) is 9.92. The van der Waals surface area contributed by atoms with Gasteiger partial charge in [0.05, 0.1) is 12.3 Å². The Hall–Kier alpha value is -3.27. The number of benzene rings is 3. The van der Waals surface area contributed by atoms with Gasteiger partial charge in [-0.15, -0.1) is 0 Å². The van der Waals surface area contributed by atoms with Crippen molar-refractivity contribution in [1.82, 2.24) is 0 Å². The van der Waals surface area contributed by atoms with Crippen LogP contribution in [0, 0.1) is 5.92 Å². The second kappa shape index (κ2) is 10.3. The Kier molecular flexibility index (Phi) is 7.28. The monoisotopic (exact) mass is 389 g/mol. The van der Waals surface area contributed by atoms with Gasteiger partial charge in [-0.2, -0.15) is 0 Å². The van der Waals surface area contributed by atoms with Crippen LogP contribution in [-0.4, -0.2) is 12.5 Å². The van der Waals surface area contributed by atoms with E-state index in [2.05, 4.69) is 19.2 Å². The summed E-state index contributed by atoms with van der Waals surface area (Å²) in [5, 5.41) is 2.94. The van der Waals surface area contributed by atoms with Crippen LogP contribution in [0.2, 0.25) is 0 Å². The molecule has 0 aliphatic rings. The van der Waals surface area contributed by atoms with E-state index in [4.69, 9.17) is 9.47 Å². The molecule has 3 aromatic carbocycles. The third kappa shape index (κ3) is 6.39. The van der Waals surface area contributed by atoms with Gasteiger partial charge in [-0.1, -0.05) is 56.3 Å². The molecule has 0 saturated carbocycles. The van der Waals surface area contributed by atoms with E-state index in [0.29, 0.717) is 36.1 Å². The first-order valence-electron chi connectivity index (χ1n) is 9.92. The number of carbonyl (C=O) groups is 1. The molecule has 1 amide bonds. The zero-order chi connectivity index (χ0) is 20.5. The average molecular weight is 389 g/mol. The predicted octanol–water partition coefficient (Wildman–Crippen LogP) is 5.94. The number of amides is 1. The molecule has 1 N–H and O–H groups in total. The molecule has 0 heterocycles. The Morgan fingerprint density at radius 1 is 0.862 bits per heavy atom. The zero-order valence-electron chi connectivity index (χ0n) is 16.9. The molecular formula is C25H27NO3. The number of para-hydroxylation sites is 2. The maximum Gasteiger partial charge on any atom is 0.255 e. The van der Waals surface area contributed by atoms with Crippen molar-refractivity contribution in [2.24, 2.45) is 5.92 Å². The van der Waals surface area contributed by atoms with E-state index in [-0.39, 0.29) is 5.91 Å². The molecule has 3 rings (SSSR count). The van der Waals surface area contributed by atoms with Crippen LogP contribution < -0.4 is 14.8 Å². The number of ether oxygens (including phenoxy) is 2. The van der Waals surface area contributed by atoms with Crippen molar-refractivity contribution >= 4 is 11.6 Å². The van der Waals surface area contributed by atoms with Gasteiger partial charge in [-0.05, 0) is 54.3 Å². The highest BCUT2D eigenvalue weighted by Crippen LogP contribution is 2.25. The van der Waals surface area contributed by atoms with Crippen molar-refractivity contribution in [3.8, 4) is 11.5 Å². The van der Waals surface area contributed by atoms with Gasteiger partial charge in [-0.3, -0.25) is 4.79 Å². The molecule has 29 heavy (non-hydrogen) atoms. The van der Waals surface area contributed by atoms with Gasteiger partial charge in [0.25, 0.3) is 5.91 Å². The highest BCUT2D eigenvalue weighted by Gasteiger charge is 2.10. The van der Waals surface area contributed by atoms with Crippen LogP contribution in [0.25, 0.3) is 0 Å². The lowest BCUT2D eigenvalue weighted by Crippen LogP contribution is -2.13. The number of rotatable bonds is 9. The lowest BCUT2D eigenvalue weighted by Gasteiger charge is -2.13. The summed E-state index contributed by atoms with van der Waals surface area (Å²) < 4.78 is 11.6. The molecule has 0 spiro atoms. The van der Waals surface area contributed by atoms with Crippen LogP contribution >= 0.6 is 0 Å². The number of hydrogen-bond acceptors (Lipinski definition) is 3. The Labute approximate surface area is 172 Å². The third-order valence-electron chi connectivity index (χ3n) is 4.45. The Balaban J connectivity index is 1.60. The predicted molar refractivity (Wildman–Crippen MR) is 117 cm³/mol. The standard InChI is InChI=1S/C25H27NO3/c1-19(2)16-17-28-22-14-12-21(13-15-22)25(27)26-23-10-6-7-11-24(23)29-18-20-8-4-3-5-9-20/h3-15,19H,16-18H2,1-2H3,(H,26,27). The second-order valence-corrected chi connectivity index (χ2v) is 7.28. The van der Waals surface area contributed by atoms with Crippen molar-refractivity contribution in [2.75, 3.05) is 11.9 Å². The van der Waals surface area contributed by atoms with Crippen LogP contribution in [0.4, 0.5) is 5.69 Å². The fraction of sp³-hybridized carbons (Fsp3) is 0.240. The maximum atomic E-state index is 12.6. The van der Waals surface area contributed by atoms with Crippen LogP contribution in [0.3, 0.4) is 0 Å². The van der Waals surface area contributed by atoms with Gasteiger partial charge in [0.2, 0.25) is 0 Å². The average Bonchev–Trinajstić information content (AvgIpc) is 2.74. The minimum atomic E-state index is -0.186. The fourth-order valence-electron chi connectivity index (χ4n) is 2.74. The summed E-state index contributed by atoms with van der Waals surface area (Å²) in [5.74, 6) is 1.82. The summed E-state index contributed by atoms with van der Waals surface area (Å²) in [6.45, 7) is 5.45. The summed E-state index contributed by atoms with van der Waals surface area (Å²) in [6.07, 6.45) is 1.00. The third-order valence-corrected chi connectivity index (χ3v) is 4.45. The first kappa shape index (κ1) is 20.5. The molecule has 3 aromatic rings. The molecule has 4 nitrogen and oxygen atoms in total. The molecule has 0 fully saturated rings. The highest BCUT2D eigenvalue weighted by atomic mass is 16.5. The summed E-state index contributed by atoms with van der Waals surface area (Å²) in [7, 11) is 0. The van der Waals surface area contributed by atoms with Gasteiger partial charge in [-0.25, -0.2) is 0 Å². The van der Waals surface area contributed by atoms with Crippen LogP contribution in [0.1, 0.15) is 36.2 Å². The number of nitrogens with one attached hydrogen (secondary N) is 1. The van der Waals surface area contributed by atoms with E-state index >= 15 is 0 Å². The Bertz CT molecular complexity index is 905. The molecule has 0 aliphatic carbocycles. The Morgan fingerprint density at radius 3 is 2.28 bits per heavy atom. The largest absolute Gasteiger partial charge is 0.494 e. The molecule has 0 aliphatic heterocycles. The smallest absolute Gasteiger partial charge is 0.255 e. The van der Waals surface area contributed by atoms with Gasteiger partial charge >= 0.3 is 0 Å². The molecule has 0 aromatic heterocycles. The number of carbonyl (C=O) groups excluding carboxylic acids is 1. The fourth-order valence-corrected chi connectivity index (χ4v) is 2.74. The van der Waals surface area contributed by atoms with E-state index in [0.717, 1.165) is 17.7 Å². The zero-order valence-corrected chi connectivity index (χ0v) is 16.9. The van der Waals surface area contributed by atoms with Crippen molar-refractivity contribution < 1.29 is 14.3 Å². The number of hydrogen-bond donors (Lipinski definition) is 1. The van der Waals surface area contributed by atoms with E-state index in [1.165, 1.54) is 0 Å². The molecule has 0 radical (unpaired) electrons. The minimum absolute atomic E-state index is 0.186. The molecule has 150 valence electrons. The summed E-state index contributed by atoms with van der Waals surface area (Å²) in [4.78, 5) is 12.6. The molecule has 0 unspecified atom stereocenters. The second-order valence-electron chi connectivity index (χ2n) is 7.28. The van der Waals surface area contributed by atoms with Gasteiger partial charge < -0.3 is 14.8 Å². The molecule has 0 atom stereocenters. The van der Waals surface area contributed by atoms with Gasteiger partial charge in [0, 0.05) is 5.56 Å². The lowest BCUT2D eigenvalue weighted by molar-refractivity contribution is 0.102. The Morgan fingerprint density at radius 2 is 1.55 bits per heavy atom. The van der Waals surface area contributed by atoms with E-state index < -0.39 is 0 Å². The maximum absolute atomic E-state index is 12.6.